The molecule has 1 nitrogen and oxygen atoms in total. The molecule has 3 aromatic rings. The van der Waals surface area contributed by atoms with Crippen LogP contribution in [0.1, 0.15) is 56.9 Å². The second-order valence-corrected chi connectivity index (χ2v) is 7.87. The van der Waals surface area contributed by atoms with Crippen molar-refractivity contribution in [3.8, 4) is 16.9 Å². The Bertz CT molecular complexity index is 870. The topological polar surface area (TPSA) is 20.2 Å². The van der Waals surface area contributed by atoms with Crippen LogP contribution in [-0.4, -0.2) is 5.11 Å². The molecule has 0 bridgehead atoms. The van der Waals surface area contributed by atoms with E-state index in [1.165, 1.54) is 60.6 Å². The highest BCUT2D eigenvalue weighted by Crippen LogP contribution is 2.38. The van der Waals surface area contributed by atoms with E-state index in [2.05, 4.69) is 49.4 Å². The normalized spacial score (nSPS) is 20.3. The maximum Gasteiger partial charge on any atom is 0.116 e. The number of hydrogen-bond donors (Lipinski definition) is 1. The maximum atomic E-state index is 9.62. The zero-order valence-electron chi connectivity index (χ0n) is 15.6. The summed E-state index contributed by atoms with van der Waals surface area (Å²) in [7, 11) is 0. The Morgan fingerprint density at radius 3 is 2.15 bits per heavy atom. The fraction of sp³-hybridized carbons (Fsp3) is 0.360. The summed E-state index contributed by atoms with van der Waals surface area (Å²) in [6, 6.07) is 21.2. The number of fused-ring (bicyclic) bond motifs is 1. The Labute approximate surface area is 156 Å². The molecule has 0 aromatic heterocycles. The Balaban J connectivity index is 1.50. The maximum absolute atomic E-state index is 9.62. The van der Waals surface area contributed by atoms with Crippen molar-refractivity contribution >= 4 is 10.8 Å². The summed E-state index contributed by atoms with van der Waals surface area (Å²) in [6.45, 7) is 2.31. The van der Waals surface area contributed by atoms with E-state index in [1.54, 1.807) is 6.07 Å². The molecule has 1 N–H and O–H groups in total. The molecule has 1 aliphatic carbocycles. The molecule has 0 unspecified atom stereocenters. The molecule has 1 heteroatoms. The van der Waals surface area contributed by atoms with Gasteiger partial charge in [0.2, 0.25) is 0 Å². The number of aromatic hydroxyl groups is 1. The van der Waals surface area contributed by atoms with Crippen LogP contribution >= 0.6 is 0 Å². The van der Waals surface area contributed by atoms with E-state index in [0.29, 0.717) is 5.75 Å². The molecular formula is C25H28O. The van der Waals surface area contributed by atoms with E-state index in [9.17, 15) is 5.11 Å². The first kappa shape index (κ1) is 17.1. The first-order valence-electron chi connectivity index (χ1n) is 10.1. The summed E-state index contributed by atoms with van der Waals surface area (Å²) in [5.41, 5.74) is 4.01. The highest BCUT2D eigenvalue weighted by atomic mass is 16.3. The van der Waals surface area contributed by atoms with Crippen LogP contribution in [0.5, 0.6) is 5.75 Å². The lowest BCUT2D eigenvalue weighted by molar-refractivity contribution is 0.308. The van der Waals surface area contributed by atoms with Gasteiger partial charge in [0.1, 0.15) is 5.75 Å². The summed E-state index contributed by atoms with van der Waals surface area (Å²) >= 11 is 0. The lowest BCUT2D eigenvalue weighted by Gasteiger charge is -2.28. The molecular weight excluding hydrogens is 316 g/mol. The zero-order valence-corrected chi connectivity index (χ0v) is 15.6. The average molecular weight is 344 g/mol. The van der Waals surface area contributed by atoms with Crippen molar-refractivity contribution in [1.82, 2.24) is 0 Å². The van der Waals surface area contributed by atoms with Gasteiger partial charge in [0.25, 0.3) is 0 Å². The third kappa shape index (κ3) is 3.62. The number of rotatable bonds is 4. The fourth-order valence-electron chi connectivity index (χ4n) is 4.55. The molecule has 1 fully saturated rings. The lowest BCUT2D eigenvalue weighted by Crippen LogP contribution is -2.13. The summed E-state index contributed by atoms with van der Waals surface area (Å²) in [6.07, 6.45) is 8.24. The minimum Gasteiger partial charge on any atom is -0.508 e. The SMILES string of the molecule is CCCC1CCC(c2ccc(-c3ccc4cc(O)ccc4c3)cc2)CC1. The van der Waals surface area contributed by atoms with Gasteiger partial charge >= 0.3 is 0 Å². The van der Waals surface area contributed by atoms with Crippen molar-refractivity contribution in [2.45, 2.75) is 51.4 Å². The van der Waals surface area contributed by atoms with Gasteiger partial charge < -0.3 is 5.11 Å². The number of benzene rings is 3. The standard InChI is InChI=1S/C25H28O/c1-2-3-18-4-6-19(7-5-18)20-8-10-21(11-9-20)22-12-13-24-17-25(26)15-14-23(24)16-22/h8-19,26H,2-7H2,1H3. The Kier molecular flexibility index (Phi) is 4.97. The quantitative estimate of drug-likeness (QED) is 0.527. The van der Waals surface area contributed by atoms with E-state index in [0.717, 1.165) is 17.2 Å². The van der Waals surface area contributed by atoms with Crippen LogP contribution in [0.15, 0.2) is 60.7 Å². The predicted molar refractivity (Wildman–Crippen MR) is 111 cm³/mol. The lowest BCUT2D eigenvalue weighted by atomic mass is 9.77. The van der Waals surface area contributed by atoms with E-state index in [-0.39, 0.29) is 0 Å². The molecule has 1 saturated carbocycles. The van der Waals surface area contributed by atoms with Gasteiger partial charge in [-0.15, -0.1) is 0 Å². The van der Waals surface area contributed by atoms with Gasteiger partial charge in [-0.2, -0.15) is 0 Å². The van der Waals surface area contributed by atoms with Crippen molar-refractivity contribution in [1.29, 1.82) is 0 Å². The van der Waals surface area contributed by atoms with Gasteiger partial charge in [-0.3, -0.25) is 0 Å². The number of phenolic OH excluding ortho intramolecular Hbond substituents is 1. The first-order valence-corrected chi connectivity index (χ1v) is 10.1. The number of phenols is 1. The van der Waals surface area contributed by atoms with Crippen molar-refractivity contribution in [3.05, 3.63) is 66.2 Å². The molecule has 0 aliphatic heterocycles. The summed E-state index contributed by atoms with van der Waals surface area (Å²) in [4.78, 5) is 0. The van der Waals surface area contributed by atoms with E-state index in [1.807, 2.05) is 12.1 Å². The van der Waals surface area contributed by atoms with Crippen LogP contribution in [0.2, 0.25) is 0 Å². The van der Waals surface area contributed by atoms with Gasteiger partial charge in [0.15, 0.2) is 0 Å². The van der Waals surface area contributed by atoms with Crippen LogP contribution in [0.4, 0.5) is 0 Å². The molecule has 0 amide bonds. The second kappa shape index (κ2) is 7.53. The highest BCUT2D eigenvalue weighted by molar-refractivity contribution is 5.88. The van der Waals surface area contributed by atoms with Gasteiger partial charge in [-0.05, 0) is 83.2 Å². The molecule has 0 heterocycles. The fourth-order valence-corrected chi connectivity index (χ4v) is 4.55. The van der Waals surface area contributed by atoms with E-state index >= 15 is 0 Å². The number of hydrogen-bond acceptors (Lipinski definition) is 1. The summed E-state index contributed by atoms with van der Waals surface area (Å²) in [5.74, 6) is 2.03. The van der Waals surface area contributed by atoms with Gasteiger partial charge in [-0.1, -0.05) is 62.2 Å². The molecule has 0 saturated heterocycles. The molecule has 26 heavy (non-hydrogen) atoms. The Morgan fingerprint density at radius 2 is 1.42 bits per heavy atom. The predicted octanol–water partition coefficient (Wildman–Crippen LogP) is 7.29. The van der Waals surface area contributed by atoms with Crippen molar-refractivity contribution < 1.29 is 5.11 Å². The van der Waals surface area contributed by atoms with Crippen molar-refractivity contribution in [2.75, 3.05) is 0 Å². The van der Waals surface area contributed by atoms with Crippen molar-refractivity contribution in [2.24, 2.45) is 5.92 Å². The van der Waals surface area contributed by atoms with E-state index < -0.39 is 0 Å². The molecule has 134 valence electrons. The average Bonchev–Trinajstić information content (AvgIpc) is 2.69. The first-order chi connectivity index (χ1) is 12.7. The van der Waals surface area contributed by atoms with Crippen LogP contribution < -0.4 is 0 Å². The molecule has 1 aliphatic rings. The molecule has 0 spiro atoms. The smallest absolute Gasteiger partial charge is 0.116 e. The van der Waals surface area contributed by atoms with Crippen molar-refractivity contribution in [3.63, 3.8) is 0 Å². The molecule has 4 rings (SSSR count). The van der Waals surface area contributed by atoms with Crippen LogP contribution in [0.3, 0.4) is 0 Å². The van der Waals surface area contributed by atoms with E-state index in [4.69, 9.17) is 0 Å². The third-order valence-electron chi connectivity index (χ3n) is 6.08. The highest BCUT2D eigenvalue weighted by Gasteiger charge is 2.21. The minimum atomic E-state index is 0.322. The second-order valence-electron chi connectivity index (χ2n) is 7.87. The minimum absolute atomic E-state index is 0.322. The molecule has 0 radical (unpaired) electrons. The van der Waals surface area contributed by atoms with Gasteiger partial charge in [-0.25, -0.2) is 0 Å². The van der Waals surface area contributed by atoms with Gasteiger partial charge in [0, 0.05) is 0 Å². The van der Waals surface area contributed by atoms with Crippen LogP contribution in [-0.2, 0) is 0 Å². The largest absolute Gasteiger partial charge is 0.508 e. The zero-order chi connectivity index (χ0) is 17.9. The van der Waals surface area contributed by atoms with Crippen LogP contribution in [0.25, 0.3) is 21.9 Å². The summed E-state index contributed by atoms with van der Waals surface area (Å²) in [5, 5.41) is 11.9. The summed E-state index contributed by atoms with van der Waals surface area (Å²) < 4.78 is 0. The monoisotopic (exact) mass is 344 g/mol. The Morgan fingerprint density at radius 1 is 0.769 bits per heavy atom. The van der Waals surface area contributed by atoms with Gasteiger partial charge in [0.05, 0.1) is 0 Å². The Hall–Kier alpha value is -2.28. The molecule has 0 atom stereocenters. The third-order valence-corrected chi connectivity index (χ3v) is 6.08. The molecule has 3 aromatic carbocycles. The van der Waals surface area contributed by atoms with Crippen LogP contribution in [0, 0.1) is 5.92 Å².